The summed E-state index contributed by atoms with van der Waals surface area (Å²) in [6.45, 7) is 0.633. The molecule has 108 valence electrons. The number of anilines is 1. The SMILES string of the molecule is CN(C)c1ccc(C(=O)N2CCOCC2C(=O)O)cn1. The van der Waals surface area contributed by atoms with E-state index in [9.17, 15) is 9.59 Å². The third kappa shape index (κ3) is 2.88. The maximum absolute atomic E-state index is 12.3. The van der Waals surface area contributed by atoms with E-state index in [1.807, 2.05) is 19.0 Å². The van der Waals surface area contributed by atoms with E-state index in [4.69, 9.17) is 9.84 Å². The standard InChI is InChI=1S/C13H17N3O4/c1-15(2)11-4-3-9(7-14-11)12(17)16-5-6-20-8-10(16)13(18)19/h3-4,7,10H,5-6,8H2,1-2H3,(H,18,19). The zero-order valence-electron chi connectivity index (χ0n) is 11.4. The van der Waals surface area contributed by atoms with Crippen molar-refractivity contribution >= 4 is 17.7 Å². The average molecular weight is 279 g/mol. The summed E-state index contributed by atoms with van der Waals surface area (Å²) in [5.74, 6) is -0.660. The molecule has 20 heavy (non-hydrogen) atoms. The molecular weight excluding hydrogens is 262 g/mol. The quantitative estimate of drug-likeness (QED) is 0.843. The molecule has 1 aromatic rings. The monoisotopic (exact) mass is 279 g/mol. The van der Waals surface area contributed by atoms with Gasteiger partial charge in [-0.25, -0.2) is 9.78 Å². The van der Waals surface area contributed by atoms with Crippen molar-refractivity contribution in [1.82, 2.24) is 9.88 Å². The second kappa shape index (κ2) is 5.87. The van der Waals surface area contributed by atoms with Gasteiger partial charge in [-0.2, -0.15) is 0 Å². The molecule has 1 aliphatic heterocycles. The highest BCUT2D eigenvalue weighted by atomic mass is 16.5. The van der Waals surface area contributed by atoms with Crippen molar-refractivity contribution in [2.45, 2.75) is 6.04 Å². The maximum atomic E-state index is 12.3. The summed E-state index contributed by atoms with van der Waals surface area (Å²) in [5.41, 5.74) is 0.378. The minimum atomic E-state index is -1.06. The van der Waals surface area contributed by atoms with Gasteiger partial charge in [0.2, 0.25) is 0 Å². The first-order chi connectivity index (χ1) is 9.50. The molecule has 7 nitrogen and oxygen atoms in total. The fourth-order valence-electron chi connectivity index (χ4n) is 1.99. The first-order valence-electron chi connectivity index (χ1n) is 6.25. The fourth-order valence-corrected chi connectivity index (χ4v) is 1.99. The summed E-state index contributed by atoms with van der Waals surface area (Å²) in [7, 11) is 3.71. The Morgan fingerprint density at radius 2 is 2.20 bits per heavy atom. The number of aliphatic carboxylic acids is 1. The summed E-state index contributed by atoms with van der Waals surface area (Å²) in [5, 5.41) is 9.13. The van der Waals surface area contributed by atoms with Gasteiger partial charge in [-0.15, -0.1) is 0 Å². The average Bonchev–Trinajstić information content (AvgIpc) is 2.46. The van der Waals surface area contributed by atoms with Crippen molar-refractivity contribution in [2.24, 2.45) is 0 Å². The second-order valence-corrected chi connectivity index (χ2v) is 4.73. The van der Waals surface area contributed by atoms with Crippen molar-refractivity contribution in [3.63, 3.8) is 0 Å². The van der Waals surface area contributed by atoms with E-state index >= 15 is 0 Å². The van der Waals surface area contributed by atoms with E-state index < -0.39 is 12.0 Å². The Labute approximate surface area is 116 Å². The predicted octanol–water partition coefficient (Wildman–Crippen LogP) is 0.0732. The number of rotatable bonds is 3. The number of carboxylic acid groups (broad SMARTS) is 1. The predicted molar refractivity (Wildman–Crippen MR) is 71.8 cm³/mol. The number of carbonyl (C=O) groups is 2. The molecule has 0 aromatic carbocycles. The Balaban J connectivity index is 2.18. The molecule has 7 heteroatoms. The van der Waals surface area contributed by atoms with E-state index in [1.54, 1.807) is 12.1 Å². The number of carbonyl (C=O) groups excluding carboxylic acids is 1. The molecule has 1 saturated heterocycles. The van der Waals surface area contributed by atoms with Gasteiger partial charge < -0.3 is 19.6 Å². The van der Waals surface area contributed by atoms with Crippen molar-refractivity contribution < 1.29 is 19.4 Å². The van der Waals surface area contributed by atoms with Gasteiger partial charge in [0.1, 0.15) is 5.82 Å². The second-order valence-electron chi connectivity index (χ2n) is 4.73. The Morgan fingerprint density at radius 1 is 1.45 bits per heavy atom. The van der Waals surface area contributed by atoms with Crippen molar-refractivity contribution in [3.8, 4) is 0 Å². The summed E-state index contributed by atoms with van der Waals surface area (Å²) >= 11 is 0. The maximum Gasteiger partial charge on any atom is 0.328 e. The third-order valence-electron chi connectivity index (χ3n) is 3.13. The third-order valence-corrected chi connectivity index (χ3v) is 3.13. The number of aromatic nitrogens is 1. The highest BCUT2D eigenvalue weighted by Gasteiger charge is 2.33. The van der Waals surface area contributed by atoms with Crippen LogP contribution in [0.2, 0.25) is 0 Å². The molecule has 1 fully saturated rings. The molecule has 1 aromatic heterocycles. The van der Waals surface area contributed by atoms with Gasteiger partial charge in [-0.3, -0.25) is 4.79 Å². The van der Waals surface area contributed by atoms with E-state index in [1.165, 1.54) is 11.1 Å². The number of carboxylic acids is 1. The van der Waals surface area contributed by atoms with Gasteiger partial charge in [0.05, 0.1) is 18.8 Å². The van der Waals surface area contributed by atoms with Crippen LogP contribution in [-0.2, 0) is 9.53 Å². The first-order valence-corrected chi connectivity index (χ1v) is 6.25. The lowest BCUT2D eigenvalue weighted by Crippen LogP contribution is -2.52. The number of hydrogen-bond donors (Lipinski definition) is 1. The fraction of sp³-hybridized carbons (Fsp3) is 0.462. The number of morpholine rings is 1. The normalized spacial score (nSPS) is 18.7. The van der Waals surface area contributed by atoms with Crippen LogP contribution in [0.15, 0.2) is 18.3 Å². The molecule has 1 aliphatic rings. The lowest BCUT2D eigenvalue weighted by molar-refractivity contribution is -0.147. The number of amides is 1. The molecule has 2 rings (SSSR count). The van der Waals surface area contributed by atoms with Crippen molar-refractivity contribution in [2.75, 3.05) is 38.8 Å². The minimum Gasteiger partial charge on any atom is -0.480 e. The number of ether oxygens (including phenoxy) is 1. The molecule has 1 amide bonds. The van der Waals surface area contributed by atoms with Crippen molar-refractivity contribution in [3.05, 3.63) is 23.9 Å². The Hall–Kier alpha value is -2.15. The summed E-state index contributed by atoms with van der Waals surface area (Å²) < 4.78 is 5.11. The van der Waals surface area contributed by atoms with E-state index in [-0.39, 0.29) is 19.1 Å². The van der Waals surface area contributed by atoms with Crippen LogP contribution in [0.25, 0.3) is 0 Å². The largest absolute Gasteiger partial charge is 0.480 e. The van der Waals surface area contributed by atoms with Crippen LogP contribution in [0.3, 0.4) is 0 Å². The van der Waals surface area contributed by atoms with E-state index in [2.05, 4.69) is 4.98 Å². The lowest BCUT2D eigenvalue weighted by atomic mass is 10.1. The summed E-state index contributed by atoms with van der Waals surface area (Å²) in [6.07, 6.45) is 1.46. The highest BCUT2D eigenvalue weighted by Crippen LogP contribution is 2.14. The van der Waals surface area contributed by atoms with E-state index in [0.29, 0.717) is 12.2 Å². The van der Waals surface area contributed by atoms with Crippen LogP contribution >= 0.6 is 0 Å². The number of nitrogens with zero attached hydrogens (tertiary/aromatic N) is 3. The number of pyridine rings is 1. The topological polar surface area (TPSA) is 83.0 Å². The molecule has 0 radical (unpaired) electrons. The number of hydrogen-bond acceptors (Lipinski definition) is 5. The summed E-state index contributed by atoms with van der Waals surface area (Å²) in [4.78, 5) is 30.8. The highest BCUT2D eigenvalue weighted by molar-refractivity contribution is 5.96. The van der Waals surface area contributed by atoms with Crippen LogP contribution in [0.5, 0.6) is 0 Å². The van der Waals surface area contributed by atoms with Crippen LogP contribution < -0.4 is 4.90 Å². The van der Waals surface area contributed by atoms with Gasteiger partial charge >= 0.3 is 5.97 Å². The molecular formula is C13H17N3O4. The molecule has 2 heterocycles. The zero-order chi connectivity index (χ0) is 14.7. The van der Waals surface area contributed by atoms with Gasteiger partial charge in [0.15, 0.2) is 6.04 Å². The van der Waals surface area contributed by atoms with Crippen LogP contribution in [-0.4, -0.2) is 66.8 Å². The summed E-state index contributed by atoms with van der Waals surface area (Å²) in [6, 6.07) is 2.44. The molecule has 1 atom stereocenters. The van der Waals surface area contributed by atoms with Crippen LogP contribution in [0.1, 0.15) is 10.4 Å². The lowest BCUT2D eigenvalue weighted by Gasteiger charge is -2.32. The van der Waals surface area contributed by atoms with Gasteiger partial charge in [-0.1, -0.05) is 0 Å². The molecule has 0 aliphatic carbocycles. The van der Waals surface area contributed by atoms with Crippen LogP contribution in [0, 0.1) is 0 Å². The smallest absolute Gasteiger partial charge is 0.328 e. The molecule has 0 saturated carbocycles. The molecule has 1 N–H and O–H groups in total. The Kier molecular flexibility index (Phi) is 4.19. The van der Waals surface area contributed by atoms with Crippen LogP contribution in [0.4, 0.5) is 5.82 Å². The molecule has 1 unspecified atom stereocenters. The molecule has 0 spiro atoms. The van der Waals surface area contributed by atoms with Gasteiger partial charge in [0.25, 0.3) is 5.91 Å². The van der Waals surface area contributed by atoms with Crippen molar-refractivity contribution in [1.29, 1.82) is 0 Å². The van der Waals surface area contributed by atoms with Gasteiger partial charge in [-0.05, 0) is 12.1 Å². The van der Waals surface area contributed by atoms with Gasteiger partial charge in [0, 0.05) is 26.8 Å². The van der Waals surface area contributed by atoms with E-state index in [0.717, 1.165) is 5.82 Å². The zero-order valence-corrected chi connectivity index (χ0v) is 11.4. The first kappa shape index (κ1) is 14.3. The minimum absolute atomic E-state index is 0.0181. The Bertz CT molecular complexity index is 501. The molecule has 0 bridgehead atoms. The Morgan fingerprint density at radius 3 is 2.75 bits per heavy atom.